The largest absolute Gasteiger partial charge is 0.550 e. The first-order valence-corrected chi connectivity index (χ1v) is 7.40. The monoisotopic (exact) mass is 355 g/mol. The Morgan fingerprint density at radius 1 is 1.30 bits per heavy atom. The molecule has 0 spiro atoms. The molecule has 0 saturated carbocycles. The summed E-state index contributed by atoms with van der Waals surface area (Å²) in [4.78, 5) is 10.9. The van der Waals surface area contributed by atoms with Gasteiger partial charge in [-0.3, -0.25) is 0 Å². The molecule has 2 atom stereocenters. The van der Waals surface area contributed by atoms with E-state index in [9.17, 15) is 32.6 Å². The van der Waals surface area contributed by atoms with Gasteiger partial charge in [0.25, 0.3) is 0 Å². The number of hydrogen-bond acceptors (Lipinski definition) is 3. The molecule has 0 amide bonds. The Kier molecular flexibility index (Phi) is 6.83. The second kappa shape index (κ2) is 7.97. The number of halogens is 5. The van der Waals surface area contributed by atoms with Gasteiger partial charge in [0.05, 0.1) is 11.1 Å². The number of carbonyl (C=O) groups excluding carboxylic acids is 1. The first-order chi connectivity index (χ1) is 10.6. The van der Waals surface area contributed by atoms with Gasteiger partial charge >= 0.3 is 6.18 Å². The minimum absolute atomic E-state index is 0.0558. The molecular formula is C15H16ClF4O3-. The van der Waals surface area contributed by atoms with E-state index in [-0.39, 0.29) is 18.4 Å². The van der Waals surface area contributed by atoms with E-state index in [0.29, 0.717) is 18.9 Å². The SMILES string of the molecule is CCCC(CCC(O)c1cc(F)c(C(F)(F)F)c(Cl)c1)C(=O)[O-]. The predicted molar refractivity (Wildman–Crippen MR) is 74.0 cm³/mol. The van der Waals surface area contributed by atoms with Gasteiger partial charge in [-0.05, 0) is 42.9 Å². The molecule has 3 nitrogen and oxygen atoms in total. The lowest BCUT2D eigenvalue weighted by atomic mass is 9.94. The van der Waals surface area contributed by atoms with Crippen molar-refractivity contribution in [2.24, 2.45) is 5.92 Å². The number of aliphatic hydroxyl groups excluding tert-OH is 1. The van der Waals surface area contributed by atoms with Crippen LogP contribution >= 0.6 is 11.6 Å². The molecule has 0 aliphatic rings. The molecular weight excluding hydrogens is 340 g/mol. The molecule has 1 aromatic carbocycles. The first-order valence-electron chi connectivity index (χ1n) is 7.03. The molecule has 0 aliphatic heterocycles. The van der Waals surface area contributed by atoms with Crippen LogP contribution in [0.3, 0.4) is 0 Å². The van der Waals surface area contributed by atoms with E-state index in [0.717, 1.165) is 6.07 Å². The molecule has 0 aromatic heterocycles. The van der Waals surface area contributed by atoms with Crippen molar-refractivity contribution >= 4 is 17.6 Å². The zero-order valence-corrected chi connectivity index (χ0v) is 13.0. The van der Waals surface area contributed by atoms with Crippen LogP contribution in [0.15, 0.2) is 12.1 Å². The highest BCUT2D eigenvalue weighted by Gasteiger charge is 2.37. The summed E-state index contributed by atoms with van der Waals surface area (Å²) >= 11 is 5.45. The van der Waals surface area contributed by atoms with Gasteiger partial charge in [0.15, 0.2) is 0 Å². The smallest absolute Gasteiger partial charge is 0.420 e. The van der Waals surface area contributed by atoms with Gasteiger partial charge in [-0.1, -0.05) is 24.9 Å². The van der Waals surface area contributed by atoms with Gasteiger partial charge in [0.2, 0.25) is 0 Å². The molecule has 23 heavy (non-hydrogen) atoms. The Morgan fingerprint density at radius 3 is 2.35 bits per heavy atom. The van der Waals surface area contributed by atoms with Crippen LogP contribution in [0.5, 0.6) is 0 Å². The molecule has 130 valence electrons. The number of carboxylic acid groups (broad SMARTS) is 1. The lowest BCUT2D eigenvalue weighted by Gasteiger charge is -2.20. The van der Waals surface area contributed by atoms with Gasteiger partial charge in [-0.2, -0.15) is 13.2 Å². The minimum atomic E-state index is -4.94. The van der Waals surface area contributed by atoms with Crippen LogP contribution < -0.4 is 5.11 Å². The maximum absolute atomic E-state index is 13.6. The van der Waals surface area contributed by atoms with Crippen molar-refractivity contribution in [2.45, 2.75) is 44.9 Å². The summed E-state index contributed by atoms with van der Waals surface area (Å²) in [5.41, 5.74) is -1.72. The first kappa shape index (κ1) is 19.7. The lowest BCUT2D eigenvalue weighted by molar-refractivity contribution is -0.312. The summed E-state index contributed by atoms with van der Waals surface area (Å²) in [7, 11) is 0. The van der Waals surface area contributed by atoms with Crippen LogP contribution in [-0.2, 0) is 11.0 Å². The average Bonchev–Trinajstić information content (AvgIpc) is 2.40. The highest BCUT2D eigenvalue weighted by Crippen LogP contribution is 2.38. The van der Waals surface area contributed by atoms with Crippen LogP contribution in [0.25, 0.3) is 0 Å². The predicted octanol–water partition coefficient (Wildman–Crippen LogP) is 3.48. The zero-order chi connectivity index (χ0) is 17.8. The number of benzene rings is 1. The fraction of sp³-hybridized carbons (Fsp3) is 0.533. The highest BCUT2D eigenvalue weighted by molar-refractivity contribution is 6.31. The fourth-order valence-electron chi connectivity index (χ4n) is 2.31. The maximum atomic E-state index is 13.6. The molecule has 0 bridgehead atoms. The van der Waals surface area contributed by atoms with E-state index in [1.165, 1.54) is 0 Å². The average molecular weight is 356 g/mol. The number of aliphatic carboxylic acids is 1. The molecule has 1 rings (SSSR count). The molecule has 8 heteroatoms. The van der Waals surface area contributed by atoms with Crippen molar-refractivity contribution in [1.82, 2.24) is 0 Å². The molecule has 0 heterocycles. The van der Waals surface area contributed by atoms with Crippen LogP contribution in [0.1, 0.15) is 49.8 Å². The molecule has 0 aliphatic carbocycles. The normalized spacial score (nSPS) is 14.6. The third-order valence-corrected chi connectivity index (χ3v) is 3.79. The van der Waals surface area contributed by atoms with Crippen molar-refractivity contribution in [2.75, 3.05) is 0 Å². The van der Waals surface area contributed by atoms with E-state index in [2.05, 4.69) is 0 Å². The summed E-state index contributed by atoms with van der Waals surface area (Å²) in [6.45, 7) is 1.79. The number of alkyl halides is 3. The second-order valence-corrected chi connectivity index (χ2v) is 5.66. The summed E-state index contributed by atoms with van der Waals surface area (Å²) in [6, 6.07) is 1.40. The number of carbonyl (C=O) groups is 1. The number of hydrogen-bond donors (Lipinski definition) is 1. The summed E-state index contributed by atoms with van der Waals surface area (Å²) < 4.78 is 51.4. The maximum Gasteiger partial charge on any atom is 0.420 e. The number of aliphatic hydroxyl groups is 1. The molecule has 0 fully saturated rings. The van der Waals surface area contributed by atoms with Gasteiger partial charge in [0.1, 0.15) is 11.4 Å². The standard InChI is InChI=1S/C15H17ClF4O3/c1-2-3-8(14(22)23)4-5-12(21)9-6-10(16)13(11(17)7-9)15(18,19)20/h6-8,12,21H,2-5H2,1H3,(H,22,23)/p-1. The van der Waals surface area contributed by atoms with E-state index in [1.807, 2.05) is 0 Å². The van der Waals surface area contributed by atoms with Crippen LogP contribution in [0.4, 0.5) is 17.6 Å². The van der Waals surface area contributed by atoms with Crippen molar-refractivity contribution in [1.29, 1.82) is 0 Å². The molecule has 0 radical (unpaired) electrons. The van der Waals surface area contributed by atoms with Gasteiger partial charge in [-0.15, -0.1) is 0 Å². The molecule has 1 aromatic rings. The zero-order valence-electron chi connectivity index (χ0n) is 12.3. The van der Waals surface area contributed by atoms with Crippen molar-refractivity contribution < 1.29 is 32.6 Å². The van der Waals surface area contributed by atoms with Crippen LogP contribution in [-0.4, -0.2) is 11.1 Å². The van der Waals surface area contributed by atoms with E-state index < -0.39 is 40.6 Å². The van der Waals surface area contributed by atoms with Gasteiger partial charge < -0.3 is 15.0 Å². The van der Waals surface area contributed by atoms with Gasteiger partial charge in [0, 0.05) is 5.97 Å². The Morgan fingerprint density at radius 2 is 1.91 bits per heavy atom. The van der Waals surface area contributed by atoms with E-state index in [1.54, 1.807) is 6.92 Å². The molecule has 1 N–H and O–H groups in total. The Labute approximate surface area is 135 Å². The summed E-state index contributed by atoms with van der Waals surface area (Å²) in [6.07, 6.45) is -5.28. The lowest BCUT2D eigenvalue weighted by Crippen LogP contribution is -2.31. The summed E-state index contributed by atoms with van der Waals surface area (Å²) in [5.74, 6) is -3.61. The summed E-state index contributed by atoms with van der Waals surface area (Å²) in [5, 5.41) is 20.0. The quantitative estimate of drug-likeness (QED) is 0.762. The van der Waals surface area contributed by atoms with Crippen molar-refractivity contribution in [3.8, 4) is 0 Å². The third kappa shape index (κ3) is 5.35. The van der Waals surface area contributed by atoms with Crippen LogP contribution in [0.2, 0.25) is 5.02 Å². The van der Waals surface area contributed by atoms with Crippen molar-refractivity contribution in [3.05, 3.63) is 34.1 Å². The number of rotatable bonds is 7. The number of carboxylic acids is 1. The van der Waals surface area contributed by atoms with E-state index >= 15 is 0 Å². The van der Waals surface area contributed by atoms with Gasteiger partial charge in [-0.25, -0.2) is 4.39 Å². The minimum Gasteiger partial charge on any atom is -0.550 e. The van der Waals surface area contributed by atoms with Crippen LogP contribution in [0, 0.1) is 11.7 Å². The Hall–Kier alpha value is -1.34. The van der Waals surface area contributed by atoms with Crippen molar-refractivity contribution in [3.63, 3.8) is 0 Å². The second-order valence-electron chi connectivity index (χ2n) is 5.26. The third-order valence-electron chi connectivity index (χ3n) is 3.49. The van der Waals surface area contributed by atoms with E-state index in [4.69, 9.17) is 11.6 Å². The fourth-order valence-corrected chi connectivity index (χ4v) is 2.63. The molecule has 0 saturated heterocycles. The topological polar surface area (TPSA) is 60.4 Å². The highest BCUT2D eigenvalue weighted by atomic mass is 35.5. The Bertz CT molecular complexity index is 537. The Balaban J connectivity index is 2.89. The molecule has 2 unspecified atom stereocenters.